The van der Waals surface area contributed by atoms with Crippen molar-refractivity contribution in [3.05, 3.63) is 34.0 Å². The molecule has 6 nitrogen and oxygen atoms in total. The minimum atomic E-state index is -0.228. The summed E-state index contributed by atoms with van der Waals surface area (Å²) in [6, 6.07) is 4.06. The summed E-state index contributed by atoms with van der Waals surface area (Å²) in [7, 11) is 0. The number of allylic oxidation sites excluding steroid dienone is 1. The number of hydrogen-bond acceptors (Lipinski definition) is 6. The molecule has 1 aliphatic rings. The van der Waals surface area contributed by atoms with E-state index in [1.807, 2.05) is 18.4 Å². The van der Waals surface area contributed by atoms with Crippen molar-refractivity contribution in [2.24, 2.45) is 0 Å². The monoisotopic (exact) mass is 377 g/mol. The molecule has 0 aromatic carbocycles. The van der Waals surface area contributed by atoms with Gasteiger partial charge in [0.1, 0.15) is 0 Å². The minimum absolute atomic E-state index is 0.0343. The quantitative estimate of drug-likeness (QED) is 0.565. The Morgan fingerprint density at radius 1 is 1.48 bits per heavy atom. The van der Waals surface area contributed by atoms with Crippen LogP contribution in [-0.2, 0) is 11.3 Å². The Labute approximate surface area is 156 Å². The van der Waals surface area contributed by atoms with E-state index < -0.39 is 0 Å². The number of carbonyl (C=O) groups excluding carboxylic acids is 1. The van der Waals surface area contributed by atoms with Crippen molar-refractivity contribution < 1.29 is 4.79 Å². The first-order valence-corrected chi connectivity index (χ1v) is 10.4. The van der Waals surface area contributed by atoms with Gasteiger partial charge < -0.3 is 5.32 Å². The average molecular weight is 378 g/mol. The lowest BCUT2D eigenvalue weighted by Gasteiger charge is -2.14. The highest BCUT2D eigenvalue weighted by atomic mass is 32.2. The van der Waals surface area contributed by atoms with Gasteiger partial charge in [0, 0.05) is 11.4 Å². The van der Waals surface area contributed by atoms with E-state index in [0.717, 1.165) is 6.42 Å². The zero-order valence-electron chi connectivity index (χ0n) is 14.4. The first-order valence-electron chi connectivity index (χ1n) is 8.63. The molecule has 8 heteroatoms. The summed E-state index contributed by atoms with van der Waals surface area (Å²) in [6.45, 7) is 3.23. The lowest BCUT2D eigenvalue weighted by Crippen LogP contribution is -2.32. The second-order valence-corrected chi connectivity index (χ2v) is 8.45. The fourth-order valence-electron chi connectivity index (χ4n) is 2.76. The van der Waals surface area contributed by atoms with Gasteiger partial charge in [0.2, 0.25) is 11.1 Å². The molecule has 0 aliphatic heterocycles. The van der Waals surface area contributed by atoms with Gasteiger partial charge in [-0.2, -0.15) is 0 Å². The van der Waals surface area contributed by atoms with E-state index in [0.29, 0.717) is 18.2 Å². The van der Waals surface area contributed by atoms with Crippen molar-refractivity contribution in [2.45, 2.75) is 56.0 Å². The maximum atomic E-state index is 12.3. The van der Waals surface area contributed by atoms with E-state index in [1.165, 1.54) is 47.9 Å². The van der Waals surface area contributed by atoms with E-state index in [1.54, 1.807) is 16.0 Å². The molecule has 3 rings (SSSR count). The lowest BCUT2D eigenvalue weighted by atomic mass is 9.97. The van der Waals surface area contributed by atoms with Gasteiger partial charge in [0.15, 0.2) is 0 Å². The number of nitrogens with zero attached hydrogens (tertiary/aromatic N) is 4. The van der Waals surface area contributed by atoms with Gasteiger partial charge >= 0.3 is 0 Å². The maximum absolute atomic E-state index is 12.3. The second-order valence-electron chi connectivity index (χ2n) is 6.11. The van der Waals surface area contributed by atoms with Gasteiger partial charge in [0.25, 0.3) is 0 Å². The molecular weight excluding hydrogens is 354 g/mol. The van der Waals surface area contributed by atoms with Crippen LogP contribution in [0.3, 0.4) is 0 Å². The molecule has 1 amide bonds. The summed E-state index contributed by atoms with van der Waals surface area (Å²) in [6.07, 6.45) is 8.22. The minimum Gasteiger partial charge on any atom is -0.355 e. The third-order valence-corrected chi connectivity index (χ3v) is 6.10. The van der Waals surface area contributed by atoms with Crippen molar-refractivity contribution in [2.75, 3.05) is 6.54 Å². The van der Waals surface area contributed by atoms with E-state index in [9.17, 15) is 4.79 Å². The van der Waals surface area contributed by atoms with Gasteiger partial charge in [-0.1, -0.05) is 29.5 Å². The van der Waals surface area contributed by atoms with Crippen LogP contribution in [0.1, 0.15) is 43.9 Å². The Balaban J connectivity index is 1.46. The number of aromatic nitrogens is 4. The Kier molecular flexibility index (Phi) is 6.63. The molecule has 25 heavy (non-hydrogen) atoms. The van der Waals surface area contributed by atoms with Gasteiger partial charge in [-0.05, 0) is 60.9 Å². The normalized spacial score (nSPS) is 15.6. The summed E-state index contributed by atoms with van der Waals surface area (Å²) < 4.78 is 1.74. The number of nitrogens with one attached hydrogen (secondary N) is 1. The maximum Gasteiger partial charge on any atom is 0.233 e. The van der Waals surface area contributed by atoms with Crippen molar-refractivity contribution in [1.29, 1.82) is 0 Å². The molecule has 1 aliphatic carbocycles. The van der Waals surface area contributed by atoms with Crippen LogP contribution in [0.2, 0.25) is 0 Å². The zero-order chi connectivity index (χ0) is 17.5. The van der Waals surface area contributed by atoms with E-state index >= 15 is 0 Å². The summed E-state index contributed by atoms with van der Waals surface area (Å²) >= 11 is 3.07. The van der Waals surface area contributed by atoms with Crippen LogP contribution in [0.25, 0.3) is 0 Å². The highest BCUT2D eigenvalue weighted by Crippen LogP contribution is 2.22. The third-order valence-electron chi connectivity index (χ3n) is 4.17. The standard InChI is InChI=1S/C17H23N5OS2/c1-13(16(23)18-10-9-14-6-3-2-4-7-14)25-17-19-20-21-22(17)12-15-8-5-11-24-15/h5-6,8,11,13H,2-4,7,9-10,12H2,1H3,(H,18,23). The van der Waals surface area contributed by atoms with Gasteiger partial charge in [-0.25, -0.2) is 4.68 Å². The molecule has 2 aromatic rings. The molecule has 0 spiro atoms. The molecule has 0 fully saturated rings. The van der Waals surface area contributed by atoms with E-state index in [4.69, 9.17) is 0 Å². The molecule has 1 atom stereocenters. The first-order chi connectivity index (χ1) is 12.2. The largest absolute Gasteiger partial charge is 0.355 e. The molecule has 2 heterocycles. The van der Waals surface area contributed by atoms with Crippen LogP contribution in [0.15, 0.2) is 34.3 Å². The lowest BCUT2D eigenvalue weighted by molar-refractivity contribution is -0.120. The summed E-state index contributed by atoms with van der Waals surface area (Å²) in [5.41, 5.74) is 1.48. The average Bonchev–Trinajstić information content (AvgIpc) is 3.29. The first kappa shape index (κ1) is 18.1. The zero-order valence-corrected chi connectivity index (χ0v) is 16.0. The molecule has 1 unspecified atom stereocenters. The number of carbonyl (C=O) groups is 1. The molecule has 1 N–H and O–H groups in total. The summed E-state index contributed by atoms with van der Waals surface area (Å²) in [5.74, 6) is 0.0343. The van der Waals surface area contributed by atoms with E-state index in [-0.39, 0.29) is 11.2 Å². The van der Waals surface area contributed by atoms with Gasteiger partial charge in [0.05, 0.1) is 11.8 Å². The van der Waals surface area contributed by atoms with Crippen LogP contribution in [0.4, 0.5) is 0 Å². The molecule has 0 saturated carbocycles. The predicted molar refractivity (Wildman–Crippen MR) is 101 cm³/mol. The summed E-state index contributed by atoms with van der Waals surface area (Å²) in [5, 5.41) is 17.3. The Morgan fingerprint density at radius 2 is 2.40 bits per heavy atom. The highest BCUT2D eigenvalue weighted by Gasteiger charge is 2.18. The Bertz CT molecular complexity index is 710. The fraction of sp³-hybridized carbons (Fsp3) is 0.529. The van der Waals surface area contributed by atoms with Gasteiger partial charge in [-0.15, -0.1) is 16.4 Å². The third kappa shape index (κ3) is 5.40. The fourth-order valence-corrected chi connectivity index (χ4v) is 4.26. The second kappa shape index (κ2) is 9.15. The van der Waals surface area contributed by atoms with E-state index in [2.05, 4.69) is 33.0 Å². The highest BCUT2D eigenvalue weighted by molar-refractivity contribution is 8.00. The van der Waals surface area contributed by atoms with Crippen molar-refractivity contribution in [1.82, 2.24) is 25.5 Å². The van der Waals surface area contributed by atoms with Crippen molar-refractivity contribution >= 4 is 29.0 Å². The van der Waals surface area contributed by atoms with Crippen LogP contribution in [0.5, 0.6) is 0 Å². The van der Waals surface area contributed by atoms with Crippen molar-refractivity contribution in [3.8, 4) is 0 Å². The number of thioether (sulfide) groups is 1. The number of amides is 1. The Hall–Kier alpha value is -1.67. The number of thiophene rings is 1. The molecular formula is C17H23N5OS2. The molecule has 0 bridgehead atoms. The van der Waals surface area contributed by atoms with Crippen LogP contribution in [-0.4, -0.2) is 37.9 Å². The van der Waals surface area contributed by atoms with Crippen LogP contribution >= 0.6 is 23.1 Å². The van der Waals surface area contributed by atoms with Crippen LogP contribution in [0, 0.1) is 0 Å². The molecule has 0 radical (unpaired) electrons. The van der Waals surface area contributed by atoms with Crippen LogP contribution < -0.4 is 5.32 Å². The topological polar surface area (TPSA) is 72.7 Å². The molecule has 0 saturated heterocycles. The molecule has 2 aromatic heterocycles. The Morgan fingerprint density at radius 3 is 3.16 bits per heavy atom. The predicted octanol–water partition coefficient (Wildman–Crippen LogP) is 3.27. The summed E-state index contributed by atoms with van der Waals surface area (Å²) in [4.78, 5) is 13.5. The smallest absolute Gasteiger partial charge is 0.233 e. The SMILES string of the molecule is CC(Sc1nnnn1Cc1cccs1)C(=O)NCCC1=CCCCC1. The number of hydrogen-bond donors (Lipinski definition) is 1. The number of rotatable bonds is 8. The van der Waals surface area contributed by atoms with Gasteiger partial charge in [-0.3, -0.25) is 4.79 Å². The molecule has 134 valence electrons. The van der Waals surface area contributed by atoms with Crippen molar-refractivity contribution in [3.63, 3.8) is 0 Å². The number of tetrazole rings is 1.